The van der Waals surface area contributed by atoms with Gasteiger partial charge in [-0.3, -0.25) is 14.4 Å². The highest BCUT2D eigenvalue weighted by molar-refractivity contribution is 5.80. The summed E-state index contributed by atoms with van der Waals surface area (Å²) >= 11 is 0. The summed E-state index contributed by atoms with van der Waals surface area (Å²) in [5.74, 6) is -1.26. The molecule has 0 aliphatic carbocycles. The first-order chi connectivity index (χ1) is 26.5. The number of carbonyl (C=O) groups excluding carboxylic acids is 2. The number of carboxylic acid groups (broad SMARTS) is 1. The average Bonchev–Trinajstić information content (AvgIpc) is 3.16. The van der Waals surface area contributed by atoms with Crippen molar-refractivity contribution in [3.8, 4) is 0 Å². The minimum absolute atomic E-state index is 0.0175. The lowest BCUT2D eigenvalue weighted by Gasteiger charge is -2.18. The minimum atomic E-state index is -1.02. The second-order valence-electron chi connectivity index (χ2n) is 15.6. The Labute approximate surface area is 334 Å². The predicted octanol–water partition coefficient (Wildman–Crippen LogP) is 14.5. The van der Waals surface area contributed by atoms with Gasteiger partial charge in [0.05, 0.1) is 0 Å². The van der Waals surface area contributed by atoms with Gasteiger partial charge in [0, 0.05) is 12.8 Å². The zero-order valence-corrected chi connectivity index (χ0v) is 35.6. The van der Waals surface area contributed by atoms with Crippen LogP contribution in [0.5, 0.6) is 0 Å². The highest BCUT2D eigenvalue weighted by Crippen LogP contribution is 2.18. The Morgan fingerprint density at radius 3 is 1.37 bits per heavy atom. The average molecular weight is 758 g/mol. The first-order valence-corrected chi connectivity index (χ1v) is 23.1. The molecule has 0 aliphatic heterocycles. The van der Waals surface area contributed by atoms with E-state index in [-0.39, 0.29) is 24.5 Å². The van der Waals surface area contributed by atoms with Crippen molar-refractivity contribution in [1.29, 1.82) is 0 Å². The van der Waals surface area contributed by atoms with E-state index in [1.54, 1.807) is 0 Å². The largest absolute Gasteiger partial charge is 0.480 e. The number of ether oxygens (including phenoxy) is 1. The molecular formula is C48H87NO5. The molecule has 0 aliphatic rings. The van der Waals surface area contributed by atoms with Crippen molar-refractivity contribution in [2.45, 2.75) is 245 Å². The lowest BCUT2D eigenvalue weighted by Crippen LogP contribution is -2.28. The molecular weight excluding hydrogens is 671 g/mol. The highest BCUT2D eigenvalue weighted by Gasteiger charge is 2.14. The molecule has 1 unspecified atom stereocenters. The summed E-state index contributed by atoms with van der Waals surface area (Å²) in [6.07, 6.45) is 54.2. The molecule has 0 fully saturated rings. The fourth-order valence-electron chi connectivity index (χ4n) is 6.84. The molecule has 6 nitrogen and oxygen atoms in total. The molecule has 0 aromatic heterocycles. The molecule has 0 spiro atoms. The lowest BCUT2D eigenvalue weighted by molar-refractivity contribution is -0.150. The first-order valence-electron chi connectivity index (χ1n) is 23.1. The van der Waals surface area contributed by atoms with Crippen molar-refractivity contribution >= 4 is 17.8 Å². The summed E-state index contributed by atoms with van der Waals surface area (Å²) in [5, 5.41) is 11.1. The normalized spacial score (nSPS) is 12.3. The second kappa shape index (κ2) is 43.4. The van der Waals surface area contributed by atoms with Gasteiger partial charge in [0.25, 0.3) is 0 Å². The molecule has 0 saturated carbocycles. The van der Waals surface area contributed by atoms with Gasteiger partial charge < -0.3 is 15.2 Å². The molecule has 0 saturated heterocycles. The smallest absolute Gasteiger partial charge is 0.322 e. The topological polar surface area (TPSA) is 92.7 Å². The third kappa shape index (κ3) is 42.4. The van der Waals surface area contributed by atoms with Crippen LogP contribution >= 0.6 is 0 Å². The molecule has 0 radical (unpaired) electrons. The van der Waals surface area contributed by atoms with Crippen molar-refractivity contribution in [1.82, 2.24) is 5.32 Å². The summed E-state index contributed by atoms with van der Waals surface area (Å²) in [6.45, 7) is 4.22. The van der Waals surface area contributed by atoms with E-state index in [0.29, 0.717) is 12.8 Å². The lowest BCUT2D eigenvalue weighted by atomic mass is 10.0. The van der Waals surface area contributed by atoms with Gasteiger partial charge in [-0.15, -0.1) is 0 Å². The van der Waals surface area contributed by atoms with E-state index in [0.717, 1.165) is 77.0 Å². The Hall–Kier alpha value is -2.37. The SMILES string of the molecule is CCCCCCC/C=C\C/C=C\CCCC(CCCCCCCC(=O)NCC(=O)O)OC(=O)CCCCCCCCCCC/C=C\CCCCCCCC. The number of carbonyl (C=O) groups is 3. The van der Waals surface area contributed by atoms with E-state index >= 15 is 0 Å². The van der Waals surface area contributed by atoms with Crippen molar-refractivity contribution < 1.29 is 24.2 Å². The number of nitrogens with one attached hydrogen (secondary N) is 1. The van der Waals surface area contributed by atoms with Crippen LogP contribution in [0.2, 0.25) is 0 Å². The Morgan fingerprint density at radius 1 is 0.481 bits per heavy atom. The van der Waals surface area contributed by atoms with Crippen LogP contribution in [0.25, 0.3) is 0 Å². The summed E-state index contributed by atoms with van der Waals surface area (Å²) in [4.78, 5) is 35.1. The zero-order valence-electron chi connectivity index (χ0n) is 35.6. The van der Waals surface area contributed by atoms with E-state index in [1.165, 1.54) is 135 Å². The third-order valence-electron chi connectivity index (χ3n) is 10.3. The predicted molar refractivity (Wildman–Crippen MR) is 231 cm³/mol. The fourth-order valence-corrected chi connectivity index (χ4v) is 6.84. The van der Waals surface area contributed by atoms with Crippen LogP contribution in [0.3, 0.4) is 0 Å². The van der Waals surface area contributed by atoms with Gasteiger partial charge in [-0.05, 0) is 89.9 Å². The summed E-state index contributed by atoms with van der Waals surface area (Å²) < 4.78 is 6.02. The van der Waals surface area contributed by atoms with Gasteiger partial charge in [0.1, 0.15) is 12.6 Å². The molecule has 0 rings (SSSR count). The number of unbranched alkanes of at least 4 members (excludes halogenated alkanes) is 25. The van der Waals surface area contributed by atoms with Crippen LogP contribution in [0.4, 0.5) is 0 Å². The first kappa shape index (κ1) is 51.6. The molecule has 2 N–H and O–H groups in total. The van der Waals surface area contributed by atoms with Crippen molar-refractivity contribution in [3.63, 3.8) is 0 Å². The van der Waals surface area contributed by atoms with Crippen LogP contribution in [0.15, 0.2) is 36.5 Å². The van der Waals surface area contributed by atoms with Gasteiger partial charge in [-0.2, -0.15) is 0 Å². The molecule has 0 bridgehead atoms. The minimum Gasteiger partial charge on any atom is -0.480 e. The monoisotopic (exact) mass is 758 g/mol. The van der Waals surface area contributed by atoms with Gasteiger partial charge in [0.2, 0.25) is 5.91 Å². The van der Waals surface area contributed by atoms with E-state index in [9.17, 15) is 14.4 Å². The molecule has 314 valence electrons. The molecule has 0 aromatic rings. The fraction of sp³-hybridized carbons (Fsp3) is 0.812. The van der Waals surface area contributed by atoms with Crippen LogP contribution in [-0.2, 0) is 19.1 Å². The Morgan fingerprint density at radius 2 is 0.870 bits per heavy atom. The van der Waals surface area contributed by atoms with Crippen LogP contribution in [-0.4, -0.2) is 35.6 Å². The van der Waals surface area contributed by atoms with Crippen LogP contribution in [0, 0.1) is 0 Å². The van der Waals surface area contributed by atoms with Crippen molar-refractivity contribution in [3.05, 3.63) is 36.5 Å². The number of hydrogen-bond acceptors (Lipinski definition) is 4. The van der Waals surface area contributed by atoms with E-state index in [1.807, 2.05) is 0 Å². The number of amides is 1. The van der Waals surface area contributed by atoms with Crippen molar-refractivity contribution in [2.24, 2.45) is 0 Å². The third-order valence-corrected chi connectivity index (χ3v) is 10.3. The Bertz CT molecular complexity index is 926. The molecule has 1 atom stereocenters. The maximum Gasteiger partial charge on any atom is 0.322 e. The molecule has 0 heterocycles. The van der Waals surface area contributed by atoms with E-state index in [4.69, 9.17) is 9.84 Å². The molecule has 54 heavy (non-hydrogen) atoms. The Kier molecular flexibility index (Phi) is 41.5. The standard InChI is InChI=1S/C48H87NO5/c1-3-5-7-9-11-13-15-17-18-19-20-21-22-24-26-28-30-35-39-43-48(53)54-45(41-37-33-31-34-38-42-46(50)49-44-47(51)52)40-36-32-29-27-25-23-16-14-12-10-8-6-4-2/h16-18,23,27,29,45H,3-15,19-22,24-26,28,30-44H2,1-2H3,(H,49,50)(H,51,52)/b18-17-,23-16-,29-27-. The summed E-state index contributed by atoms with van der Waals surface area (Å²) in [6, 6.07) is 0. The summed E-state index contributed by atoms with van der Waals surface area (Å²) in [5.41, 5.74) is 0. The zero-order chi connectivity index (χ0) is 39.4. The maximum atomic E-state index is 12.8. The second-order valence-corrected chi connectivity index (χ2v) is 15.6. The van der Waals surface area contributed by atoms with Gasteiger partial charge in [-0.25, -0.2) is 0 Å². The number of rotatable bonds is 42. The number of aliphatic carboxylic acids is 1. The van der Waals surface area contributed by atoms with E-state index in [2.05, 4.69) is 55.6 Å². The molecule has 6 heteroatoms. The molecule has 0 aromatic carbocycles. The van der Waals surface area contributed by atoms with Gasteiger partial charge in [-0.1, -0.05) is 172 Å². The Balaban J connectivity index is 4.16. The molecule has 1 amide bonds. The van der Waals surface area contributed by atoms with E-state index < -0.39 is 5.97 Å². The number of carboxylic acids is 1. The number of esters is 1. The highest BCUT2D eigenvalue weighted by atomic mass is 16.5. The number of hydrogen-bond donors (Lipinski definition) is 2. The van der Waals surface area contributed by atoms with Crippen molar-refractivity contribution in [2.75, 3.05) is 6.54 Å². The summed E-state index contributed by atoms with van der Waals surface area (Å²) in [7, 11) is 0. The van der Waals surface area contributed by atoms with Crippen LogP contribution in [0.1, 0.15) is 239 Å². The van der Waals surface area contributed by atoms with Gasteiger partial charge >= 0.3 is 11.9 Å². The number of allylic oxidation sites excluding steroid dienone is 6. The van der Waals surface area contributed by atoms with Gasteiger partial charge in [0.15, 0.2) is 0 Å². The quantitative estimate of drug-likeness (QED) is 0.0367. The maximum absolute atomic E-state index is 12.8. The van der Waals surface area contributed by atoms with Crippen LogP contribution < -0.4 is 5.32 Å².